The number of nitrogens with one attached hydrogen (secondary N) is 1. The summed E-state index contributed by atoms with van der Waals surface area (Å²) >= 11 is 1.55. The van der Waals surface area contributed by atoms with Crippen LogP contribution in [0.1, 0.15) is 12.8 Å². The molecule has 0 saturated carbocycles. The van der Waals surface area contributed by atoms with Gasteiger partial charge in [-0.2, -0.15) is 11.8 Å². The van der Waals surface area contributed by atoms with Crippen LogP contribution in [-0.4, -0.2) is 37.8 Å². The smallest absolute Gasteiger partial charge is 0.224 e. The molecule has 0 fully saturated rings. The molecule has 0 aliphatic heterocycles. The van der Waals surface area contributed by atoms with Crippen molar-refractivity contribution in [2.45, 2.75) is 12.8 Å². The molecule has 7 heteroatoms. The molecule has 112 valence electrons. The molecule has 0 heterocycles. The van der Waals surface area contributed by atoms with Crippen molar-refractivity contribution in [3.8, 4) is 0 Å². The van der Waals surface area contributed by atoms with Crippen LogP contribution in [0.25, 0.3) is 0 Å². The Morgan fingerprint density at radius 1 is 1.25 bits per heavy atom. The third-order valence-corrected chi connectivity index (χ3v) is 4.76. The maximum Gasteiger partial charge on any atom is 0.224 e. The molecule has 0 aliphatic carbocycles. The van der Waals surface area contributed by atoms with Gasteiger partial charge in [0.15, 0.2) is 0 Å². The Kier molecular flexibility index (Phi) is 6.87. The molecule has 1 amide bonds. The molecule has 0 unspecified atom stereocenters. The van der Waals surface area contributed by atoms with E-state index in [0.29, 0.717) is 17.9 Å². The second-order valence-electron chi connectivity index (χ2n) is 4.52. The Morgan fingerprint density at radius 3 is 2.50 bits per heavy atom. The zero-order chi connectivity index (χ0) is 15.0. The number of nitrogens with two attached hydrogens (primary N) is 1. The van der Waals surface area contributed by atoms with Crippen LogP contribution in [0.4, 0.5) is 11.4 Å². The number of carbonyl (C=O) groups excluding carboxylic acids is 1. The first-order valence-electron chi connectivity index (χ1n) is 6.28. The quantitative estimate of drug-likeness (QED) is 0.563. The number of rotatable bonds is 8. The molecule has 1 aromatic rings. The fraction of sp³-hybridized carbons (Fsp3) is 0.462. The highest BCUT2D eigenvalue weighted by molar-refractivity contribution is 8.00. The molecule has 20 heavy (non-hydrogen) atoms. The average Bonchev–Trinajstić information content (AvgIpc) is 2.35. The van der Waals surface area contributed by atoms with Crippen LogP contribution in [0.15, 0.2) is 24.3 Å². The molecule has 0 bridgehead atoms. The number of carbonyl (C=O) groups is 1. The van der Waals surface area contributed by atoms with Crippen molar-refractivity contribution < 1.29 is 13.2 Å². The van der Waals surface area contributed by atoms with E-state index in [1.54, 1.807) is 36.0 Å². The lowest BCUT2D eigenvalue weighted by Gasteiger charge is -2.05. The molecular formula is C13H20N2O3S2. The van der Waals surface area contributed by atoms with E-state index in [1.165, 1.54) is 6.26 Å². The maximum atomic E-state index is 11.6. The maximum absolute atomic E-state index is 11.6. The zero-order valence-corrected chi connectivity index (χ0v) is 13.1. The van der Waals surface area contributed by atoms with Crippen molar-refractivity contribution in [1.82, 2.24) is 0 Å². The van der Waals surface area contributed by atoms with E-state index in [-0.39, 0.29) is 11.7 Å². The minimum Gasteiger partial charge on any atom is -0.399 e. The highest BCUT2D eigenvalue weighted by Gasteiger charge is 2.04. The molecule has 3 N–H and O–H groups in total. The SMILES string of the molecule is CS(=O)(=O)CCSCCCC(=O)Nc1ccc(N)cc1. The zero-order valence-electron chi connectivity index (χ0n) is 11.5. The summed E-state index contributed by atoms with van der Waals surface area (Å²) in [6.07, 6.45) is 2.39. The third kappa shape index (κ3) is 8.06. The molecule has 0 saturated heterocycles. The van der Waals surface area contributed by atoms with Gasteiger partial charge in [0.05, 0.1) is 5.75 Å². The van der Waals surface area contributed by atoms with Crippen LogP contribution >= 0.6 is 11.8 Å². The number of benzene rings is 1. The Labute approximate surface area is 124 Å². The number of hydrogen-bond donors (Lipinski definition) is 2. The van der Waals surface area contributed by atoms with Crippen molar-refractivity contribution in [3.05, 3.63) is 24.3 Å². The average molecular weight is 316 g/mol. The molecular weight excluding hydrogens is 296 g/mol. The second-order valence-corrected chi connectivity index (χ2v) is 8.00. The van der Waals surface area contributed by atoms with Gasteiger partial charge in [-0.3, -0.25) is 4.79 Å². The summed E-state index contributed by atoms with van der Waals surface area (Å²) < 4.78 is 21.8. The van der Waals surface area contributed by atoms with E-state index in [4.69, 9.17) is 5.73 Å². The van der Waals surface area contributed by atoms with Crippen LogP contribution in [-0.2, 0) is 14.6 Å². The van der Waals surface area contributed by atoms with Gasteiger partial charge in [-0.1, -0.05) is 0 Å². The monoisotopic (exact) mass is 316 g/mol. The summed E-state index contributed by atoms with van der Waals surface area (Å²) in [5.41, 5.74) is 6.94. The van der Waals surface area contributed by atoms with E-state index in [0.717, 1.165) is 17.9 Å². The number of anilines is 2. The number of hydrogen-bond acceptors (Lipinski definition) is 5. The second kappa shape index (κ2) is 8.16. The first kappa shape index (κ1) is 16.8. The molecule has 0 atom stereocenters. The molecule has 0 radical (unpaired) electrons. The first-order chi connectivity index (χ1) is 9.37. The summed E-state index contributed by atoms with van der Waals surface area (Å²) in [4.78, 5) is 11.6. The van der Waals surface area contributed by atoms with E-state index in [1.807, 2.05) is 0 Å². The van der Waals surface area contributed by atoms with Gasteiger partial charge in [-0.25, -0.2) is 8.42 Å². The van der Waals surface area contributed by atoms with E-state index in [9.17, 15) is 13.2 Å². The Balaban J connectivity index is 2.13. The number of thioether (sulfide) groups is 1. The van der Waals surface area contributed by atoms with E-state index in [2.05, 4.69) is 5.32 Å². The highest BCUT2D eigenvalue weighted by Crippen LogP contribution is 2.12. The normalized spacial score (nSPS) is 11.2. The first-order valence-corrected chi connectivity index (χ1v) is 9.49. The number of sulfone groups is 1. The van der Waals surface area contributed by atoms with Crippen molar-refractivity contribution in [1.29, 1.82) is 0 Å². The van der Waals surface area contributed by atoms with Gasteiger partial charge in [0.1, 0.15) is 9.84 Å². The Morgan fingerprint density at radius 2 is 1.90 bits per heavy atom. The summed E-state index contributed by atoms with van der Waals surface area (Å²) in [6, 6.07) is 6.98. The van der Waals surface area contributed by atoms with Crippen LogP contribution in [0.2, 0.25) is 0 Å². The lowest BCUT2D eigenvalue weighted by atomic mass is 10.2. The van der Waals surface area contributed by atoms with Gasteiger partial charge in [-0.15, -0.1) is 0 Å². The standard InChI is InChI=1S/C13H20N2O3S2/c1-20(17,18)10-9-19-8-2-3-13(16)15-12-6-4-11(14)5-7-12/h4-7H,2-3,8-10,14H2,1H3,(H,15,16). The van der Waals surface area contributed by atoms with Gasteiger partial charge in [-0.05, 0) is 36.4 Å². The van der Waals surface area contributed by atoms with Crippen LogP contribution < -0.4 is 11.1 Å². The van der Waals surface area contributed by atoms with Crippen LogP contribution in [0.3, 0.4) is 0 Å². The van der Waals surface area contributed by atoms with Crippen molar-refractivity contribution in [2.75, 3.05) is 34.6 Å². The van der Waals surface area contributed by atoms with Gasteiger partial charge in [0.25, 0.3) is 0 Å². The fourth-order valence-corrected chi connectivity index (χ4v) is 3.67. The number of amides is 1. The minimum absolute atomic E-state index is 0.0431. The fourth-order valence-electron chi connectivity index (χ4n) is 1.44. The predicted molar refractivity (Wildman–Crippen MR) is 85.8 cm³/mol. The molecule has 0 aliphatic rings. The largest absolute Gasteiger partial charge is 0.399 e. The van der Waals surface area contributed by atoms with Crippen molar-refractivity contribution >= 4 is 38.9 Å². The Hall–Kier alpha value is -1.21. The lowest BCUT2D eigenvalue weighted by molar-refractivity contribution is -0.116. The summed E-state index contributed by atoms with van der Waals surface area (Å²) in [6.45, 7) is 0. The van der Waals surface area contributed by atoms with Crippen molar-refractivity contribution in [2.24, 2.45) is 0 Å². The van der Waals surface area contributed by atoms with Crippen LogP contribution in [0, 0.1) is 0 Å². The topological polar surface area (TPSA) is 89.3 Å². The molecule has 0 spiro atoms. The summed E-state index contributed by atoms with van der Waals surface area (Å²) in [7, 11) is -2.88. The minimum atomic E-state index is -2.88. The molecule has 5 nitrogen and oxygen atoms in total. The summed E-state index contributed by atoms with van der Waals surface area (Å²) in [5.74, 6) is 1.51. The summed E-state index contributed by atoms with van der Waals surface area (Å²) in [5, 5.41) is 2.78. The lowest BCUT2D eigenvalue weighted by Crippen LogP contribution is -2.11. The van der Waals surface area contributed by atoms with Gasteiger partial charge in [0.2, 0.25) is 5.91 Å². The molecule has 0 aromatic heterocycles. The molecule has 1 rings (SSSR count). The Bertz CT molecular complexity index is 527. The predicted octanol–water partition coefficient (Wildman–Crippen LogP) is 1.77. The molecule has 1 aromatic carbocycles. The van der Waals surface area contributed by atoms with E-state index < -0.39 is 9.84 Å². The van der Waals surface area contributed by atoms with Crippen LogP contribution in [0.5, 0.6) is 0 Å². The third-order valence-electron chi connectivity index (χ3n) is 2.49. The van der Waals surface area contributed by atoms with E-state index >= 15 is 0 Å². The van der Waals surface area contributed by atoms with Gasteiger partial charge in [0, 0.05) is 29.8 Å². The van der Waals surface area contributed by atoms with Gasteiger partial charge >= 0.3 is 0 Å². The van der Waals surface area contributed by atoms with Gasteiger partial charge < -0.3 is 11.1 Å². The van der Waals surface area contributed by atoms with Crippen molar-refractivity contribution in [3.63, 3.8) is 0 Å². The number of nitrogen functional groups attached to an aromatic ring is 1. The highest BCUT2D eigenvalue weighted by atomic mass is 32.2.